The minimum Gasteiger partial charge on any atom is -0.383 e. The first kappa shape index (κ1) is 18.8. The van der Waals surface area contributed by atoms with Crippen LogP contribution in [0.1, 0.15) is 26.8 Å². The summed E-state index contributed by atoms with van der Waals surface area (Å²) in [6.07, 6.45) is 3.53. The smallest absolute Gasteiger partial charge is 0.135 e. The largest absolute Gasteiger partial charge is 0.383 e. The zero-order valence-corrected chi connectivity index (χ0v) is 18.0. The molecule has 5 aromatic rings. The van der Waals surface area contributed by atoms with Crippen LogP contribution in [0.2, 0.25) is 0 Å². The van der Waals surface area contributed by atoms with Gasteiger partial charge in [-0.25, -0.2) is 9.97 Å². The number of hydrogen-bond donors (Lipinski definition) is 1. The number of nitrogens with two attached hydrogens (primary N) is 1. The molecule has 3 heterocycles. The molecule has 150 valence electrons. The monoisotopic (exact) mass is 413 g/mol. The van der Waals surface area contributed by atoms with Gasteiger partial charge in [-0.05, 0) is 30.5 Å². The molecule has 0 aliphatic heterocycles. The molecule has 2 N–H and O–H groups in total. The van der Waals surface area contributed by atoms with Crippen molar-refractivity contribution in [2.24, 2.45) is 5.92 Å². The molecule has 0 fully saturated rings. The number of hydrogen-bond acceptors (Lipinski definition) is 5. The van der Waals surface area contributed by atoms with Gasteiger partial charge < -0.3 is 5.73 Å². The third-order valence-electron chi connectivity index (χ3n) is 5.82. The van der Waals surface area contributed by atoms with Gasteiger partial charge in [-0.3, -0.25) is 4.68 Å². The molecule has 0 aliphatic rings. The Morgan fingerprint density at radius 3 is 2.50 bits per heavy atom. The maximum absolute atomic E-state index is 6.09. The lowest BCUT2D eigenvalue weighted by Crippen LogP contribution is -2.12. The lowest BCUT2D eigenvalue weighted by molar-refractivity contribution is 0.385. The minimum atomic E-state index is 0.316. The maximum atomic E-state index is 6.09. The zero-order chi connectivity index (χ0) is 20.8. The molecule has 0 aliphatic carbocycles. The van der Waals surface area contributed by atoms with Crippen LogP contribution in [-0.2, 0) is 0 Å². The Hall–Kier alpha value is -3.25. The fourth-order valence-corrected chi connectivity index (χ4v) is 4.89. The van der Waals surface area contributed by atoms with Gasteiger partial charge in [0.15, 0.2) is 0 Å². The molecule has 0 amide bonds. The zero-order valence-electron chi connectivity index (χ0n) is 17.2. The normalized spacial score (nSPS) is 12.8. The summed E-state index contributed by atoms with van der Waals surface area (Å²) in [5.74, 6) is 1.01. The molecule has 2 aromatic carbocycles. The van der Waals surface area contributed by atoms with E-state index in [1.54, 1.807) is 11.3 Å². The van der Waals surface area contributed by atoms with Crippen molar-refractivity contribution in [3.8, 4) is 21.6 Å². The third-order valence-corrected chi connectivity index (χ3v) is 6.90. The van der Waals surface area contributed by atoms with Crippen molar-refractivity contribution in [2.75, 3.05) is 5.73 Å². The number of anilines is 1. The highest BCUT2D eigenvalue weighted by Crippen LogP contribution is 2.43. The Labute approximate surface area is 179 Å². The summed E-state index contributed by atoms with van der Waals surface area (Å²) in [4.78, 5) is 10.6. The maximum Gasteiger partial charge on any atom is 0.135 e. The first-order chi connectivity index (χ1) is 14.5. The predicted octanol–water partition coefficient (Wildman–Crippen LogP) is 6.17. The van der Waals surface area contributed by atoms with Gasteiger partial charge in [0.2, 0.25) is 0 Å². The Morgan fingerprint density at radius 2 is 1.77 bits per heavy atom. The molecule has 5 rings (SSSR count). The number of benzene rings is 2. The summed E-state index contributed by atoms with van der Waals surface area (Å²) in [6, 6.07) is 17.3. The fourth-order valence-electron chi connectivity index (χ4n) is 3.86. The molecule has 0 saturated heterocycles. The van der Waals surface area contributed by atoms with E-state index in [2.05, 4.69) is 77.9 Å². The van der Waals surface area contributed by atoms with Crippen LogP contribution in [0.15, 0.2) is 61.1 Å². The standard InChI is InChI=1S/C24H23N5S/c1-14(2)15(3)29-20-10-9-17(21-11-18-23(25)26-13-27-24(18)30-21)22(19(20)12-28-29)16-7-5-4-6-8-16/h4-15H,1-3H3,(H2,25,26,27). The number of rotatable bonds is 4. The van der Waals surface area contributed by atoms with Crippen LogP contribution < -0.4 is 5.73 Å². The fraction of sp³-hybridized carbons (Fsp3) is 0.208. The molecule has 3 aromatic heterocycles. The lowest BCUT2D eigenvalue weighted by Gasteiger charge is -2.18. The van der Waals surface area contributed by atoms with Crippen molar-refractivity contribution in [1.82, 2.24) is 19.7 Å². The highest BCUT2D eigenvalue weighted by molar-refractivity contribution is 7.22. The number of nitrogen functional groups attached to an aromatic ring is 1. The van der Waals surface area contributed by atoms with Gasteiger partial charge in [0.1, 0.15) is 17.0 Å². The van der Waals surface area contributed by atoms with E-state index in [4.69, 9.17) is 10.8 Å². The van der Waals surface area contributed by atoms with E-state index in [0.717, 1.165) is 31.6 Å². The molecule has 5 nitrogen and oxygen atoms in total. The second-order valence-electron chi connectivity index (χ2n) is 7.95. The van der Waals surface area contributed by atoms with Crippen molar-refractivity contribution < 1.29 is 0 Å². The van der Waals surface area contributed by atoms with Gasteiger partial charge in [0.25, 0.3) is 0 Å². The Balaban J connectivity index is 1.80. The van der Waals surface area contributed by atoms with Crippen LogP contribution >= 0.6 is 11.3 Å². The minimum absolute atomic E-state index is 0.316. The molecule has 0 saturated carbocycles. The predicted molar refractivity (Wildman–Crippen MR) is 126 cm³/mol. The average Bonchev–Trinajstić information content (AvgIpc) is 3.38. The number of fused-ring (bicyclic) bond motifs is 2. The lowest BCUT2D eigenvalue weighted by atomic mass is 9.95. The summed E-state index contributed by atoms with van der Waals surface area (Å²) in [5.41, 5.74) is 10.8. The molecule has 0 spiro atoms. The van der Waals surface area contributed by atoms with Gasteiger partial charge in [0, 0.05) is 21.4 Å². The second kappa shape index (κ2) is 7.22. The van der Waals surface area contributed by atoms with Crippen LogP contribution in [0.25, 0.3) is 42.7 Å². The van der Waals surface area contributed by atoms with Crippen molar-refractivity contribution in [2.45, 2.75) is 26.8 Å². The Kier molecular flexibility index (Phi) is 4.51. The van der Waals surface area contributed by atoms with E-state index < -0.39 is 0 Å². The molecular weight excluding hydrogens is 390 g/mol. The van der Waals surface area contributed by atoms with Crippen LogP contribution in [-0.4, -0.2) is 19.7 Å². The molecule has 0 bridgehead atoms. The second-order valence-corrected chi connectivity index (χ2v) is 8.98. The van der Waals surface area contributed by atoms with Gasteiger partial charge in [0.05, 0.1) is 23.1 Å². The van der Waals surface area contributed by atoms with Gasteiger partial charge >= 0.3 is 0 Å². The van der Waals surface area contributed by atoms with Crippen LogP contribution in [0.3, 0.4) is 0 Å². The number of nitrogens with zero attached hydrogens (tertiary/aromatic N) is 4. The van der Waals surface area contributed by atoms with Crippen molar-refractivity contribution in [3.63, 3.8) is 0 Å². The van der Waals surface area contributed by atoms with Gasteiger partial charge in [-0.1, -0.05) is 50.2 Å². The van der Waals surface area contributed by atoms with Gasteiger partial charge in [-0.2, -0.15) is 5.10 Å². The van der Waals surface area contributed by atoms with E-state index >= 15 is 0 Å². The van der Waals surface area contributed by atoms with E-state index in [-0.39, 0.29) is 0 Å². The van der Waals surface area contributed by atoms with E-state index in [9.17, 15) is 0 Å². The Morgan fingerprint density at radius 1 is 0.967 bits per heavy atom. The van der Waals surface area contributed by atoms with Crippen LogP contribution in [0.5, 0.6) is 0 Å². The first-order valence-electron chi connectivity index (χ1n) is 10.1. The summed E-state index contributed by atoms with van der Waals surface area (Å²) in [7, 11) is 0. The van der Waals surface area contributed by atoms with Crippen molar-refractivity contribution >= 4 is 38.3 Å². The molecule has 6 heteroatoms. The van der Waals surface area contributed by atoms with Crippen LogP contribution in [0.4, 0.5) is 5.82 Å². The molecule has 1 atom stereocenters. The third kappa shape index (κ3) is 2.95. The van der Waals surface area contributed by atoms with Gasteiger partial charge in [-0.15, -0.1) is 11.3 Å². The van der Waals surface area contributed by atoms with Crippen molar-refractivity contribution in [1.29, 1.82) is 0 Å². The molecule has 0 radical (unpaired) electrons. The van der Waals surface area contributed by atoms with Crippen molar-refractivity contribution in [3.05, 3.63) is 61.1 Å². The molecular formula is C24H23N5S. The number of thiophene rings is 1. The highest BCUT2D eigenvalue weighted by atomic mass is 32.1. The first-order valence-corrected chi connectivity index (χ1v) is 10.9. The summed E-state index contributed by atoms with van der Waals surface area (Å²) in [5, 5.41) is 6.83. The van der Waals surface area contributed by atoms with E-state index in [1.807, 2.05) is 12.3 Å². The van der Waals surface area contributed by atoms with E-state index in [1.165, 1.54) is 17.5 Å². The van der Waals surface area contributed by atoms with Crippen LogP contribution in [0, 0.1) is 5.92 Å². The summed E-state index contributed by atoms with van der Waals surface area (Å²) < 4.78 is 2.14. The average molecular weight is 414 g/mol. The topological polar surface area (TPSA) is 69.6 Å². The number of aromatic nitrogens is 4. The highest BCUT2D eigenvalue weighted by Gasteiger charge is 2.20. The quantitative estimate of drug-likeness (QED) is 0.382. The SMILES string of the molecule is CC(C)C(C)n1ncc2c(-c3ccccc3)c(-c3cc4c(N)ncnc4s3)ccc21. The Bertz CT molecular complexity index is 1350. The molecule has 1 unspecified atom stereocenters. The van der Waals surface area contributed by atoms with E-state index in [0.29, 0.717) is 17.8 Å². The molecule has 30 heavy (non-hydrogen) atoms. The summed E-state index contributed by atoms with van der Waals surface area (Å²) in [6.45, 7) is 6.68. The summed E-state index contributed by atoms with van der Waals surface area (Å²) >= 11 is 1.64.